The van der Waals surface area contributed by atoms with Gasteiger partial charge in [0, 0.05) is 22.0 Å². The Morgan fingerprint density at radius 3 is 2.23 bits per heavy atom. The van der Waals surface area contributed by atoms with Crippen LogP contribution in [0.1, 0.15) is 11.1 Å². The lowest BCUT2D eigenvalue weighted by atomic mass is 10.1. The van der Waals surface area contributed by atoms with Gasteiger partial charge in [0.05, 0.1) is 14.2 Å². The third-order valence-electron chi connectivity index (χ3n) is 4.30. The van der Waals surface area contributed by atoms with E-state index in [4.69, 9.17) is 18.9 Å². The molecule has 7 heteroatoms. The lowest BCUT2D eigenvalue weighted by molar-refractivity contribution is 0.174. The fourth-order valence-electron chi connectivity index (χ4n) is 2.85. The van der Waals surface area contributed by atoms with E-state index < -0.39 is 0 Å². The Hall–Kier alpha value is -1.44. The highest BCUT2D eigenvalue weighted by Crippen LogP contribution is 2.37. The van der Waals surface area contributed by atoms with Crippen molar-refractivity contribution in [1.29, 1.82) is 0 Å². The summed E-state index contributed by atoms with van der Waals surface area (Å²) in [6, 6.07) is 7.97. The van der Waals surface area contributed by atoms with Crippen LogP contribution < -0.4 is 18.9 Å². The Balaban J connectivity index is 1.65. The molecule has 1 aliphatic heterocycles. The topological polar surface area (TPSA) is 40.2 Å². The van der Waals surface area contributed by atoms with Crippen LogP contribution in [0, 0.1) is 0 Å². The third kappa shape index (κ3) is 4.27. The van der Waals surface area contributed by atoms with E-state index in [1.54, 1.807) is 14.2 Å². The first-order chi connectivity index (χ1) is 12.5. The molecule has 2 aromatic rings. The summed E-state index contributed by atoms with van der Waals surface area (Å²) < 4.78 is 23.7. The van der Waals surface area contributed by atoms with Gasteiger partial charge in [0.1, 0.15) is 0 Å². The second kappa shape index (κ2) is 8.50. The van der Waals surface area contributed by atoms with Gasteiger partial charge in [-0.3, -0.25) is 0 Å². The summed E-state index contributed by atoms with van der Waals surface area (Å²) in [5, 5.41) is 0. The van der Waals surface area contributed by atoms with Gasteiger partial charge in [-0.05, 0) is 48.9 Å². The van der Waals surface area contributed by atoms with Crippen LogP contribution >= 0.6 is 31.9 Å². The molecule has 0 atom stereocenters. The fraction of sp³-hybridized carbons (Fsp3) is 0.368. The second-order valence-electron chi connectivity index (χ2n) is 6.08. The van der Waals surface area contributed by atoms with Crippen LogP contribution in [0.5, 0.6) is 23.0 Å². The normalized spacial score (nSPS) is 12.5. The van der Waals surface area contributed by atoms with Crippen molar-refractivity contribution >= 4 is 31.9 Å². The zero-order valence-corrected chi connectivity index (χ0v) is 18.1. The van der Waals surface area contributed by atoms with E-state index in [2.05, 4.69) is 43.8 Å². The molecule has 3 rings (SSSR count). The molecule has 140 valence electrons. The zero-order chi connectivity index (χ0) is 18.7. The predicted octanol–water partition coefficient (Wildman–Crippen LogP) is 4.63. The van der Waals surface area contributed by atoms with Gasteiger partial charge in [0.25, 0.3) is 0 Å². The number of halogens is 2. The first-order valence-corrected chi connectivity index (χ1v) is 9.77. The number of hydrogen-bond donors (Lipinski definition) is 0. The third-order valence-corrected chi connectivity index (χ3v) is 5.77. The molecule has 0 unspecified atom stereocenters. The van der Waals surface area contributed by atoms with Crippen molar-refractivity contribution in [2.24, 2.45) is 0 Å². The molecule has 0 saturated heterocycles. The van der Waals surface area contributed by atoms with Crippen molar-refractivity contribution in [3.63, 3.8) is 0 Å². The van der Waals surface area contributed by atoms with E-state index in [-0.39, 0.29) is 6.79 Å². The molecule has 0 bridgehead atoms. The smallest absolute Gasteiger partial charge is 0.231 e. The van der Waals surface area contributed by atoms with Crippen molar-refractivity contribution in [3.05, 3.63) is 44.3 Å². The molecule has 1 heterocycles. The molecule has 1 aliphatic rings. The Bertz CT molecular complexity index is 798. The van der Waals surface area contributed by atoms with Crippen LogP contribution in [-0.4, -0.2) is 39.5 Å². The highest BCUT2D eigenvalue weighted by Gasteiger charge is 2.17. The van der Waals surface area contributed by atoms with Crippen LogP contribution in [0.2, 0.25) is 0 Å². The van der Waals surface area contributed by atoms with Crippen molar-refractivity contribution < 1.29 is 18.9 Å². The number of ether oxygens (including phenoxy) is 4. The number of fused-ring (bicyclic) bond motifs is 1. The summed E-state index contributed by atoms with van der Waals surface area (Å²) >= 11 is 7.24. The van der Waals surface area contributed by atoms with Crippen molar-refractivity contribution in [2.45, 2.75) is 13.0 Å². The van der Waals surface area contributed by atoms with E-state index in [0.717, 1.165) is 51.5 Å². The molecule has 5 nitrogen and oxygen atoms in total. The summed E-state index contributed by atoms with van der Waals surface area (Å²) in [4.78, 5) is 2.27. The first-order valence-electron chi connectivity index (χ1n) is 8.18. The molecular formula is C19H21Br2NO4. The van der Waals surface area contributed by atoms with Crippen LogP contribution in [0.25, 0.3) is 0 Å². The Morgan fingerprint density at radius 2 is 1.54 bits per heavy atom. The molecule has 0 fully saturated rings. The zero-order valence-electron chi connectivity index (χ0n) is 15.0. The van der Waals surface area contributed by atoms with E-state index in [0.29, 0.717) is 0 Å². The molecule has 2 aromatic carbocycles. The van der Waals surface area contributed by atoms with Gasteiger partial charge < -0.3 is 23.8 Å². The van der Waals surface area contributed by atoms with Crippen LogP contribution in [-0.2, 0) is 13.0 Å². The van der Waals surface area contributed by atoms with Gasteiger partial charge >= 0.3 is 0 Å². The maximum absolute atomic E-state index is 5.47. The largest absolute Gasteiger partial charge is 0.493 e. The van der Waals surface area contributed by atoms with Gasteiger partial charge in [-0.1, -0.05) is 31.9 Å². The maximum atomic E-state index is 5.47. The molecule has 0 saturated carbocycles. The standard InChI is InChI=1S/C19H21Br2NO4/c1-22(10-13-7-18-19(9-15(13)21)26-11-25-18)5-4-12-6-16(23-2)17(24-3)8-14(12)20/h6-9H,4-5,10-11H2,1-3H3. The lowest BCUT2D eigenvalue weighted by Crippen LogP contribution is -2.21. The monoisotopic (exact) mass is 485 g/mol. The van der Waals surface area contributed by atoms with Crippen LogP contribution in [0.4, 0.5) is 0 Å². The van der Waals surface area contributed by atoms with Gasteiger partial charge in [-0.25, -0.2) is 0 Å². The van der Waals surface area contributed by atoms with E-state index in [1.807, 2.05) is 24.3 Å². The first kappa shape index (κ1) is 19.3. The molecule has 0 radical (unpaired) electrons. The minimum absolute atomic E-state index is 0.286. The lowest BCUT2D eigenvalue weighted by Gasteiger charge is -2.19. The van der Waals surface area contributed by atoms with Gasteiger partial charge in [0.15, 0.2) is 23.0 Å². The van der Waals surface area contributed by atoms with E-state index in [1.165, 1.54) is 11.1 Å². The fourth-order valence-corrected chi connectivity index (χ4v) is 3.82. The van der Waals surface area contributed by atoms with Crippen LogP contribution in [0.3, 0.4) is 0 Å². The SMILES string of the molecule is COc1cc(Br)c(CCN(C)Cc2cc3c(cc2Br)OCO3)cc1OC. The number of methoxy groups -OCH3 is 2. The van der Waals surface area contributed by atoms with Gasteiger partial charge in [-0.15, -0.1) is 0 Å². The average Bonchev–Trinajstić information content (AvgIpc) is 3.07. The summed E-state index contributed by atoms with van der Waals surface area (Å²) in [6.07, 6.45) is 0.889. The number of hydrogen-bond acceptors (Lipinski definition) is 5. The number of rotatable bonds is 7. The summed E-state index contributed by atoms with van der Waals surface area (Å²) in [6.45, 7) is 1.99. The Morgan fingerprint density at radius 1 is 0.923 bits per heavy atom. The molecule has 0 spiro atoms. The quantitative estimate of drug-likeness (QED) is 0.570. The van der Waals surface area contributed by atoms with E-state index >= 15 is 0 Å². The summed E-state index contributed by atoms with van der Waals surface area (Å²) in [5.41, 5.74) is 2.35. The molecule has 0 aromatic heterocycles. The number of benzene rings is 2. The highest BCUT2D eigenvalue weighted by molar-refractivity contribution is 9.10. The molecular weight excluding hydrogens is 466 g/mol. The van der Waals surface area contributed by atoms with Crippen molar-refractivity contribution in [1.82, 2.24) is 4.90 Å². The van der Waals surface area contributed by atoms with Crippen molar-refractivity contribution in [3.8, 4) is 23.0 Å². The minimum Gasteiger partial charge on any atom is -0.493 e. The number of likely N-dealkylation sites (N-methyl/N-ethyl adjacent to an activating group) is 1. The maximum Gasteiger partial charge on any atom is 0.231 e. The minimum atomic E-state index is 0.286. The molecule has 0 N–H and O–H groups in total. The second-order valence-corrected chi connectivity index (χ2v) is 7.79. The van der Waals surface area contributed by atoms with Crippen LogP contribution in [0.15, 0.2) is 33.2 Å². The number of nitrogens with zero attached hydrogens (tertiary/aromatic N) is 1. The summed E-state index contributed by atoms with van der Waals surface area (Å²) in [5.74, 6) is 3.06. The van der Waals surface area contributed by atoms with Gasteiger partial charge in [-0.2, -0.15) is 0 Å². The molecule has 26 heavy (non-hydrogen) atoms. The predicted molar refractivity (Wildman–Crippen MR) is 108 cm³/mol. The Kier molecular flexibility index (Phi) is 6.32. The van der Waals surface area contributed by atoms with Gasteiger partial charge in [0.2, 0.25) is 6.79 Å². The Labute approximate surface area is 170 Å². The van der Waals surface area contributed by atoms with E-state index in [9.17, 15) is 0 Å². The molecule has 0 aliphatic carbocycles. The van der Waals surface area contributed by atoms with Crippen molar-refractivity contribution in [2.75, 3.05) is 34.6 Å². The highest BCUT2D eigenvalue weighted by atomic mass is 79.9. The average molecular weight is 487 g/mol. The molecule has 0 amide bonds. The summed E-state index contributed by atoms with van der Waals surface area (Å²) in [7, 11) is 5.39.